The monoisotopic (exact) mass is 304 g/mol. The first-order valence-electron chi connectivity index (χ1n) is 7.38. The third kappa shape index (κ3) is 3.32. The maximum Gasteiger partial charge on any atom is 0.223 e. The van der Waals surface area contributed by atoms with E-state index in [0.717, 1.165) is 43.9 Å². The smallest absolute Gasteiger partial charge is 0.223 e. The molecule has 3 rings (SSSR count). The van der Waals surface area contributed by atoms with Gasteiger partial charge in [0.25, 0.3) is 0 Å². The summed E-state index contributed by atoms with van der Waals surface area (Å²) in [5.41, 5.74) is 2.84. The van der Waals surface area contributed by atoms with E-state index in [-0.39, 0.29) is 5.91 Å². The number of aromatic nitrogens is 3. The van der Waals surface area contributed by atoms with Crippen molar-refractivity contribution in [2.24, 2.45) is 0 Å². The lowest BCUT2D eigenvalue weighted by atomic mass is 10.0. The molecule has 1 saturated heterocycles. The Balaban J connectivity index is 1.58. The first-order chi connectivity index (χ1) is 10.2. The molecule has 0 radical (unpaired) electrons. The first kappa shape index (κ1) is 14.3. The predicted octanol–water partition coefficient (Wildman–Crippen LogP) is 2.44. The van der Waals surface area contributed by atoms with Gasteiger partial charge >= 0.3 is 0 Å². The zero-order valence-corrected chi connectivity index (χ0v) is 13.1. The molecule has 0 saturated carbocycles. The van der Waals surface area contributed by atoms with Crippen molar-refractivity contribution in [3.05, 3.63) is 34.8 Å². The number of aryl methyl sites for hydroxylation is 2. The second-order valence-corrected chi connectivity index (χ2v) is 6.22. The second kappa shape index (κ2) is 6.39. The summed E-state index contributed by atoms with van der Waals surface area (Å²) in [5.74, 6) is 1.27. The van der Waals surface area contributed by atoms with Crippen molar-refractivity contribution in [1.82, 2.24) is 19.4 Å². The van der Waals surface area contributed by atoms with Gasteiger partial charge in [-0.05, 0) is 26.2 Å². The van der Waals surface area contributed by atoms with Crippen LogP contribution in [0.15, 0.2) is 23.3 Å². The molecule has 0 bridgehead atoms. The predicted molar refractivity (Wildman–Crippen MR) is 82.3 cm³/mol. The average molecular weight is 304 g/mol. The van der Waals surface area contributed by atoms with E-state index in [4.69, 9.17) is 0 Å². The number of carbonyl (C=O) groups is 1. The summed E-state index contributed by atoms with van der Waals surface area (Å²) in [6.45, 7) is 3.69. The Morgan fingerprint density at radius 1 is 1.48 bits per heavy atom. The number of rotatable bonds is 4. The van der Waals surface area contributed by atoms with E-state index in [1.54, 1.807) is 11.3 Å². The van der Waals surface area contributed by atoms with Crippen LogP contribution in [-0.4, -0.2) is 38.4 Å². The Hall–Kier alpha value is -1.69. The summed E-state index contributed by atoms with van der Waals surface area (Å²) in [4.78, 5) is 22.9. The van der Waals surface area contributed by atoms with E-state index in [0.29, 0.717) is 12.5 Å². The Morgan fingerprint density at radius 2 is 2.38 bits per heavy atom. The number of hydrogen-bond acceptors (Lipinski definition) is 4. The fraction of sp³-hybridized carbons (Fsp3) is 0.533. The van der Waals surface area contributed by atoms with Gasteiger partial charge in [-0.15, -0.1) is 11.3 Å². The molecular weight excluding hydrogens is 284 g/mol. The van der Waals surface area contributed by atoms with Crippen LogP contribution in [0.25, 0.3) is 0 Å². The lowest BCUT2D eigenvalue weighted by Crippen LogP contribution is -2.40. The summed E-state index contributed by atoms with van der Waals surface area (Å²) in [6, 6.07) is 0.365. The van der Waals surface area contributed by atoms with E-state index in [2.05, 4.69) is 14.5 Å². The third-order valence-corrected chi connectivity index (χ3v) is 4.72. The van der Waals surface area contributed by atoms with Gasteiger partial charge in [0, 0.05) is 37.3 Å². The number of imidazole rings is 1. The van der Waals surface area contributed by atoms with E-state index in [1.807, 2.05) is 35.1 Å². The van der Waals surface area contributed by atoms with Crippen LogP contribution in [0.1, 0.15) is 36.8 Å². The van der Waals surface area contributed by atoms with E-state index >= 15 is 0 Å². The van der Waals surface area contributed by atoms with Gasteiger partial charge in [-0.2, -0.15) is 0 Å². The highest BCUT2D eigenvalue weighted by atomic mass is 32.1. The SMILES string of the molecule is Cc1nccn1[C@@H]1CCCN(C(=O)CCc2cscn2)C1. The molecule has 1 fully saturated rings. The Kier molecular flexibility index (Phi) is 4.34. The molecule has 1 aliphatic heterocycles. The number of hydrogen-bond donors (Lipinski definition) is 0. The zero-order valence-electron chi connectivity index (χ0n) is 12.2. The molecule has 3 heterocycles. The zero-order chi connectivity index (χ0) is 14.7. The van der Waals surface area contributed by atoms with Gasteiger partial charge < -0.3 is 9.47 Å². The molecule has 0 N–H and O–H groups in total. The topological polar surface area (TPSA) is 51.0 Å². The van der Waals surface area contributed by atoms with Crippen molar-refractivity contribution in [2.75, 3.05) is 13.1 Å². The molecule has 0 unspecified atom stereocenters. The molecule has 1 aliphatic rings. The number of amides is 1. The van der Waals surface area contributed by atoms with Crippen LogP contribution >= 0.6 is 11.3 Å². The lowest BCUT2D eigenvalue weighted by molar-refractivity contribution is -0.132. The third-order valence-electron chi connectivity index (χ3n) is 4.08. The molecule has 5 nitrogen and oxygen atoms in total. The van der Waals surface area contributed by atoms with Crippen LogP contribution in [0.5, 0.6) is 0 Å². The van der Waals surface area contributed by atoms with Crippen LogP contribution in [0, 0.1) is 6.92 Å². The van der Waals surface area contributed by atoms with E-state index < -0.39 is 0 Å². The van der Waals surface area contributed by atoms with Crippen LogP contribution < -0.4 is 0 Å². The normalized spacial score (nSPS) is 18.9. The van der Waals surface area contributed by atoms with Crippen LogP contribution in [0.4, 0.5) is 0 Å². The number of piperidine rings is 1. The summed E-state index contributed by atoms with van der Waals surface area (Å²) in [7, 11) is 0. The number of likely N-dealkylation sites (tertiary alicyclic amines) is 1. The minimum absolute atomic E-state index is 0.241. The molecule has 2 aromatic heterocycles. The molecular formula is C15H20N4OS. The van der Waals surface area contributed by atoms with Gasteiger partial charge in [0.15, 0.2) is 0 Å². The second-order valence-electron chi connectivity index (χ2n) is 5.50. The van der Waals surface area contributed by atoms with Crippen molar-refractivity contribution in [1.29, 1.82) is 0 Å². The fourth-order valence-electron chi connectivity index (χ4n) is 2.94. The average Bonchev–Trinajstić information content (AvgIpc) is 3.16. The van der Waals surface area contributed by atoms with Gasteiger partial charge in [-0.25, -0.2) is 9.97 Å². The summed E-state index contributed by atoms with van der Waals surface area (Å²) < 4.78 is 2.19. The molecule has 0 aromatic carbocycles. The van der Waals surface area contributed by atoms with Gasteiger partial charge in [0.05, 0.1) is 17.2 Å². The highest BCUT2D eigenvalue weighted by molar-refractivity contribution is 7.07. The molecule has 0 spiro atoms. The highest BCUT2D eigenvalue weighted by Crippen LogP contribution is 2.23. The van der Waals surface area contributed by atoms with Crippen molar-refractivity contribution < 1.29 is 4.79 Å². The van der Waals surface area contributed by atoms with Gasteiger partial charge in [0.1, 0.15) is 5.82 Å². The van der Waals surface area contributed by atoms with E-state index in [1.165, 1.54) is 0 Å². The quantitative estimate of drug-likeness (QED) is 0.872. The van der Waals surface area contributed by atoms with E-state index in [9.17, 15) is 4.79 Å². The Morgan fingerprint density at radius 3 is 3.10 bits per heavy atom. The molecule has 0 aliphatic carbocycles. The number of carbonyl (C=O) groups excluding carboxylic acids is 1. The van der Waals surface area contributed by atoms with Crippen molar-refractivity contribution >= 4 is 17.2 Å². The number of thiazole rings is 1. The van der Waals surface area contributed by atoms with Crippen LogP contribution in [0.2, 0.25) is 0 Å². The highest BCUT2D eigenvalue weighted by Gasteiger charge is 2.25. The Labute approximate surface area is 128 Å². The maximum atomic E-state index is 12.4. The minimum Gasteiger partial charge on any atom is -0.341 e. The van der Waals surface area contributed by atoms with Crippen molar-refractivity contribution in [2.45, 2.75) is 38.6 Å². The van der Waals surface area contributed by atoms with Gasteiger partial charge in [-0.1, -0.05) is 0 Å². The lowest BCUT2D eigenvalue weighted by Gasteiger charge is -2.34. The molecule has 21 heavy (non-hydrogen) atoms. The van der Waals surface area contributed by atoms with Gasteiger partial charge in [0.2, 0.25) is 5.91 Å². The van der Waals surface area contributed by atoms with Crippen LogP contribution in [-0.2, 0) is 11.2 Å². The largest absolute Gasteiger partial charge is 0.341 e. The summed E-state index contributed by atoms with van der Waals surface area (Å²) in [6.07, 6.45) is 7.33. The standard InChI is InChI=1S/C15H20N4OS/c1-12-16-6-8-19(12)14-3-2-7-18(9-14)15(20)5-4-13-10-21-11-17-13/h6,8,10-11,14H,2-5,7,9H2,1H3/t14-/m1/s1. The molecule has 1 amide bonds. The Bertz CT molecular complexity index is 593. The van der Waals surface area contributed by atoms with Gasteiger partial charge in [-0.3, -0.25) is 4.79 Å². The first-order valence-corrected chi connectivity index (χ1v) is 8.32. The van der Waals surface area contributed by atoms with Crippen LogP contribution in [0.3, 0.4) is 0 Å². The molecule has 6 heteroatoms. The maximum absolute atomic E-state index is 12.4. The molecule has 112 valence electrons. The van der Waals surface area contributed by atoms with Crippen molar-refractivity contribution in [3.63, 3.8) is 0 Å². The molecule has 1 atom stereocenters. The number of nitrogens with zero attached hydrogens (tertiary/aromatic N) is 4. The fourth-order valence-corrected chi connectivity index (χ4v) is 3.53. The summed E-state index contributed by atoms with van der Waals surface area (Å²) in [5, 5.41) is 2.02. The molecule has 2 aromatic rings. The van der Waals surface area contributed by atoms with Crippen molar-refractivity contribution in [3.8, 4) is 0 Å². The summed E-state index contributed by atoms with van der Waals surface area (Å²) >= 11 is 1.58. The minimum atomic E-state index is 0.241.